The Balaban J connectivity index is 1.86. The van der Waals surface area contributed by atoms with Crippen LogP contribution in [0.3, 0.4) is 0 Å². The molecule has 0 aliphatic rings. The van der Waals surface area contributed by atoms with Gasteiger partial charge in [0.25, 0.3) is 0 Å². The molecule has 0 aliphatic carbocycles. The molecule has 1 aromatic carbocycles. The van der Waals surface area contributed by atoms with Gasteiger partial charge in [-0.2, -0.15) is 5.10 Å². The first-order valence-corrected chi connectivity index (χ1v) is 7.62. The van der Waals surface area contributed by atoms with Crippen molar-refractivity contribution in [2.75, 3.05) is 5.32 Å². The minimum absolute atomic E-state index is 0.688. The van der Waals surface area contributed by atoms with E-state index in [1.54, 1.807) is 22.2 Å². The summed E-state index contributed by atoms with van der Waals surface area (Å²) in [6.45, 7) is 0.700. The molecule has 3 rings (SSSR count). The van der Waals surface area contributed by atoms with Gasteiger partial charge in [-0.15, -0.1) is 11.3 Å². The number of anilines is 1. The van der Waals surface area contributed by atoms with Crippen LogP contribution >= 0.6 is 34.5 Å². The van der Waals surface area contributed by atoms with Crippen molar-refractivity contribution in [3.63, 3.8) is 0 Å². The molecule has 6 heteroatoms. The summed E-state index contributed by atoms with van der Waals surface area (Å²) >= 11 is 13.6. The van der Waals surface area contributed by atoms with Crippen LogP contribution in [0, 0.1) is 0 Å². The number of rotatable bonds is 4. The van der Waals surface area contributed by atoms with Crippen LogP contribution < -0.4 is 5.32 Å². The molecule has 3 aromatic rings. The highest BCUT2D eigenvalue weighted by Gasteiger charge is 2.06. The van der Waals surface area contributed by atoms with E-state index in [1.807, 2.05) is 41.9 Å². The summed E-state index contributed by atoms with van der Waals surface area (Å²) in [5.41, 5.74) is 1.90. The average Bonchev–Trinajstić information content (AvgIpc) is 3.08. The van der Waals surface area contributed by atoms with E-state index >= 15 is 0 Å². The third-order valence-corrected chi connectivity index (χ3v) is 4.30. The number of hydrogen-bond acceptors (Lipinski definition) is 3. The van der Waals surface area contributed by atoms with Crippen molar-refractivity contribution >= 4 is 40.2 Å². The molecule has 3 nitrogen and oxygen atoms in total. The molecule has 2 heterocycles. The van der Waals surface area contributed by atoms with E-state index < -0.39 is 0 Å². The van der Waals surface area contributed by atoms with Crippen LogP contribution in [0.25, 0.3) is 5.69 Å². The molecule has 2 aromatic heterocycles. The van der Waals surface area contributed by atoms with E-state index in [9.17, 15) is 0 Å². The summed E-state index contributed by atoms with van der Waals surface area (Å²) in [7, 11) is 0. The molecule has 0 bridgehead atoms. The highest BCUT2D eigenvalue weighted by atomic mass is 35.5. The average molecular weight is 324 g/mol. The van der Waals surface area contributed by atoms with Crippen molar-refractivity contribution in [3.8, 4) is 5.69 Å². The fourth-order valence-electron chi connectivity index (χ4n) is 1.89. The van der Waals surface area contributed by atoms with Crippen molar-refractivity contribution in [2.45, 2.75) is 6.54 Å². The first-order chi connectivity index (χ1) is 9.72. The Bertz CT molecular complexity index is 707. The van der Waals surface area contributed by atoms with E-state index in [1.165, 1.54) is 4.88 Å². The monoisotopic (exact) mass is 323 g/mol. The zero-order valence-electron chi connectivity index (χ0n) is 10.4. The molecule has 0 aliphatic heterocycles. The van der Waals surface area contributed by atoms with Gasteiger partial charge in [-0.25, -0.2) is 4.68 Å². The molecule has 1 N–H and O–H groups in total. The van der Waals surface area contributed by atoms with Crippen molar-refractivity contribution in [3.05, 3.63) is 63.0 Å². The Morgan fingerprint density at radius 1 is 1.20 bits per heavy atom. The molecule has 102 valence electrons. The first-order valence-electron chi connectivity index (χ1n) is 5.99. The van der Waals surface area contributed by atoms with Crippen molar-refractivity contribution in [1.82, 2.24) is 9.78 Å². The van der Waals surface area contributed by atoms with Gasteiger partial charge in [0.1, 0.15) is 0 Å². The summed E-state index contributed by atoms with van der Waals surface area (Å²) in [5.74, 6) is 0. The van der Waals surface area contributed by atoms with Crippen LogP contribution in [0.5, 0.6) is 0 Å². The van der Waals surface area contributed by atoms with Crippen molar-refractivity contribution < 1.29 is 0 Å². The zero-order valence-corrected chi connectivity index (χ0v) is 12.7. The Hall–Kier alpha value is -1.49. The van der Waals surface area contributed by atoms with Crippen molar-refractivity contribution in [2.24, 2.45) is 0 Å². The smallest absolute Gasteiger partial charge is 0.0877 e. The number of benzene rings is 1. The number of aromatic nitrogens is 2. The lowest BCUT2D eigenvalue weighted by Crippen LogP contribution is -2.04. The molecule has 0 saturated heterocycles. The Kier molecular flexibility index (Phi) is 3.96. The number of hydrogen-bond donors (Lipinski definition) is 1. The highest BCUT2D eigenvalue weighted by molar-refractivity contribution is 7.10. The van der Waals surface area contributed by atoms with Gasteiger partial charge in [0.05, 0.1) is 16.4 Å². The third kappa shape index (κ3) is 2.98. The second-order valence-corrected chi connectivity index (χ2v) is 6.07. The number of thiophene rings is 1. The molecular formula is C14H11Cl2N3S. The zero-order chi connectivity index (χ0) is 13.9. The first kappa shape index (κ1) is 13.5. The Labute approximate surface area is 130 Å². The van der Waals surface area contributed by atoms with Gasteiger partial charge >= 0.3 is 0 Å². The maximum absolute atomic E-state index is 6.08. The quantitative estimate of drug-likeness (QED) is 0.743. The third-order valence-electron chi connectivity index (χ3n) is 2.78. The predicted molar refractivity (Wildman–Crippen MR) is 85.2 cm³/mol. The lowest BCUT2D eigenvalue weighted by Gasteiger charge is -2.12. The maximum atomic E-state index is 6.08. The molecule has 0 amide bonds. The van der Waals surface area contributed by atoms with Crippen LogP contribution in [-0.2, 0) is 6.54 Å². The van der Waals surface area contributed by atoms with Gasteiger partial charge in [0, 0.05) is 34.2 Å². The van der Waals surface area contributed by atoms with Gasteiger partial charge < -0.3 is 5.32 Å². The topological polar surface area (TPSA) is 29.9 Å². The fraction of sp³-hybridized carbons (Fsp3) is 0.0714. The van der Waals surface area contributed by atoms with E-state index in [0.717, 1.165) is 16.4 Å². The lowest BCUT2D eigenvalue weighted by molar-refractivity contribution is 0.879. The summed E-state index contributed by atoms with van der Waals surface area (Å²) in [5, 5.41) is 11.0. The number of nitrogens with one attached hydrogen (secondary N) is 1. The second-order valence-electron chi connectivity index (χ2n) is 4.20. The van der Waals surface area contributed by atoms with E-state index in [2.05, 4.69) is 10.4 Å². The molecule has 0 radical (unpaired) electrons. The fourth-order valence-corrected chi connectivity index (χ4v) is 3.07. The minimum atomic E-state index is 0.688. The highest BCUT2D eigenvalue weighted by Crippen LogP contribution is 2.26. The predicted octanol–water partition coefficient (Wildman–Crippen LogP) is 4.85. The number of halogens is 2. The molecule has 20 heavy (non-hydrogen) atoms. The van der Waals surface area contributed by atoms with Gasteiger partial charge in [-0.3, -0.25) is 0 Å². The standard InChI is InChI=1S/C14H11Cl2N3S/c15-10-2-3-14(19-5-1-4-18-19)13(7-10)17-8-12-6-11(16)9-20-12/h1-7,9,17H,8H2. The minimum Gasteiger partial charge on any atom is -0.378 e. The largest absolute Gasteiger partial charge is 0.378 e. The summed E-state index contributed by atoms with van der Waals surface area (Å²) in [4.78, 5) is 1.17. The van der Waals surface area contributed by atoms with Crippen molar-refractivity contribution in [1.29, 1.82) is 0 Å². The SMILES string of the molecule is Clc1csc(CNc2cc(Cl)ccc2-n2cccn2)c1. The molecule has 0 atom stereocenters. The lowest BCUT2D eigenvalue weighted by atomic mass is 10.2. The summed E-state index contributed by atoms with van der Waals surface area (Å²) < 4.78 is 1.81. The molecular weight excluding hydrogens is 313 g/mol. The Morgan fingerprint density at radius 2 is 2.10 bits per heavy atom. The van der Waals surface area contributed by atoms with Crippen LogP contribution in [0.2, 0.25) is 10.0 Å². The van der Waals surface area contributed by atoms with Gasteiger partial charge in [0.15, 0.2) is 0 Å². The second kappa shape index (κ2) is 5.87. The molecule has 0 fully saturated rings. The molecule has 0 unspecified atom stereocenters. The summed E-state index contributed by atoms with van der Waals surface area (Å²) in [6, 6.07) is 9.54. The van der Waals surface area contributed by atoms with Gasteiger partial charge in [-0.05, 0) is 30.3 Å². The van der Waals surface area contributed by atoms with Crippen LogP contribution in [0.1, 0.15) is 4.88 Å². The maximum Gasteiger partial charge on any atom is 0.0877 e. The molecule has 0 spiro atoms. The van der Waals surface area contributed by atoms with Crippen LogP contribution in [0.4, 0.5) is 5.69 Å². The Morgan fingerprint density at radius 3 is 2.80 bits per heavy atom. The molecule has 0 saturated carbocycles. The van der Waals surface area contributed by atoms with Crippen LogP contribution in [0.15, 0.2) is 48.1 Å². The van der Waals surface area contributed by atoms with E-state index in [4.69, 9.17) is 23.2 Å². The van der Waals surface area contributed by atoms with Gasteiger partial charge in [0.2, 0.25) is 0 Å². The summed E-state index contributed by atoms with van der Waals surface area (Å²) in [6.07, 6.45) is 3.65. The van der Waals surface area contributed by atoms with Crippen LogP contribution in [-0.4, -0.2) is 9.78 Å². The van der Waals surface area contributed by atoms with Gasteiger partial charge in [-0.1, -0.05) is 23.2 Å². The normalized spacial score (nSPS) is 10.7. The van der Waals surface area contributed by atoms with E-state index in [0.29, 0.717) is 11.6 Å². The number of nitrogens with zero attached hydrogens (tertiary/aromatic N) is 2. The van der Waals surface area contributed by atoms with E-state index in [-0.39, 0.29) is 0 Å².